The second-order valence-electron chi connectivity index (χ2n) is 7.77. The largest absolute Gasteiger partial charge is 0.484 e. The molecule has 1 aromatic carbocycles. The van der Waals surface area contributed by atoms with E-state index in [4.69, 9.17) is 4.74 Å². The van der Waals surface area contributed by atoms with Gasteiger partial charge in [-0.3, -0.25) is 14.4 Å². The van der Waals surface area contributed by atoms with Crippen molar-refractivity contribution < 1.29 is 14.3 Å². The summed E-state index contributed by atoms with van der Waals surface area (Å²) in [6.45, 7) is 1.75. The van der Waals surface area contributed by atoms with Crippen LogP contribution in [0.25, 0.3) is 0 Å². The van der Waals surface area contributed by atoms with E-state index in [0.717, 1.165) is 12.1 Å². The quantitative estimate of drug-likeness (QED) is 0.764. The Labute approximate surface area is 179 Å². The highest BCUT2D eigenvalue weighted by atomic mass is 32.2. The van der Waals surface area contributed by atoms with Crippen LogP contribution in [0, 0.1) is 5.92 Å². The van der Waals surface area contributed by atoms with Crippen molar-refractivity contribution >= 4 is 29.3 Å². The summed E-state index contributed by atoms with van der Waals surface area (Å²) in [6.07, 6.45) is 2.80. The van der Waals surface area contributed by atoms with Gasteiger partial charge in [-0.25, -0.2) is 0 Å². The molecule has 3 heterocycles. The van der Waals surface area contributed by atoms with Gasteiger partial charge in [0.2, 0.25) is 5.91 Å². The van der Waals surface area contributed by atoms with Crippen LogP contribution >= 0.6 is 11.8 Å². The van der Waals surface area contributed by atoms with E-state index in [1.54, 1.807) is 10.6 Å². The third-order valence-corrected chi connectivity index (χ3v) is 6.16. The van der Waals surface area contributed by atoms with E-state index in [1.807, 2.05) is 47.6 Å². The lowest BCUT2D eigenvalue weighted by atomic mass is 9.83. The SMILES string of the molecule is CSCC(=O)Nc1ccc2n(c1=O)CC1CC2CN(C(=O)COc2ccccc2)C1. The molecule has 2 atom stereocenters. The topological polar surface area (TPSA) is 80.6 Å². The summed E-state index contributed by atoms with van der Waals surface area (Å²) >= 11 is 1.41. The molecule has 1 N–H and O–H groups in total. The van der Waals surface area contributed by atoms with E-state index < -0.39 is 0 Å². The van der Waals surface area contributed by atoms with Crippen molar-refractivity contribution in [1.82, 2.24) is 9.47 Å². The van der Waals surface area contributed by atoms with Gasteiger partial charge in [-0.2, -0.15) is 11.8 Å². The van der Waals surface area contributed by atoms with Gasteiger partial charge in [0.05, 0.1) is 5.75 Å². The lowest BCUT2D eigenvalue weighted by molar-refractivity contribution is -0.136. The van der Waals surface area contributed by atoms with Gasteiger partial charge >= 0.3 is 0 Å². The molecule has 1 saturated heterocycles. The second-order valence-corrected chi connectivity index (χ2v) is 8.63. The van der Waals surface area contributed by atoms with Crippen molar-refractivity contribution in [2.24, 2.45) is 5.92 Å². The number of nitrogens with one attached hydrogen (secondary N) is 1. The molecule has 0 spiro atoms. The minimum atomic E-state index is -0.175. The number of carbonyl (C=O) groups is 2. The molecule has 7 nitrogen and oxygen atoms in total. The van der Waals surface area contributed by atoms with Crippen LogP contribution in [0.3, 0.4) is 0 Å². The maximum Gasteiger partial charge on any atom is 0.274 e. The molecule has 1 aromatic heterocycles. The molecule has 4 rings (SSSR count). The molecule has 30 heavy (non-hydrogen) atoms. The third kappa shape index (κ3) is 4.38. The Balaban J connectivity index is 1.45. The summed E-state index contributed by atoms with van der Waals surface area (Å²) in [5.74, 6) is 1.11. The predicted octanol–water partition coefficient (Wildman–Crippen LogP) is 2.17. The number of carbonyl (C=O) groups excluding carboxylic acids is 2. The molecule has 1 fully saturated rings. The summed E-state index contributed by atoms with van der Waals surface area (Å²) in [5, 5.41) is 2.71. The molecular formula is C22H25N3O4S. The average molecular weight is 428 g/mol. The van der Waals surface area contributed by atoms with Gasteiger partial charge in [0.25, 0.3) is 11.5 Å². The first-order chi connectivity index (χ1) is 14.5. The Hall–Kier alpha value is -2.74. The van der Waals surface area contributed by atoms with Crippen molar-refractivity contribution in [3.05, 3.63) is 58.5 Å². The monoisotopic (exact) mass is 427 g/mol. The third-order valence-electron chi connectivity index (χ3n) is 5.61. The highest BCUT2D eigenvalue weighted by Crippen LogP contribution is 2.35. The highest BCUT2D eigenvalue weighted by Gasteiger charge is 2.36. The Morgan fingerprint density at radius 3 is 2.70 bits per heavy atom. The summed E-state index contributed by atoms with van der Waals surface area (Å²) in [6, 6.07) is 12.9. The molecule has 0 aliphatic carbocycles. The molecule has 2 bridgehead atoms. The van der Waals surface area contributed by atoms with Crippen molar-refractivity contribution in [1.29, 1.82) is 0 Å². The number of likely N-dealkylation sites (tertiary alicyclic amines) is 1. The van der Waals surface area contributed by atoms with Gasteiger partial charge in [0.1, 0.15) is 11.4 Å². The Bertz CT molecular complexity index is 992. The molecule has 2 aliphatic rings. The minimum Gasteiger partial charge on any atom is -0.484 e. The van der Waals surface area contributed by atoms with Gasteiger partial charge in [-0.05, 0) is 42.9 Å². The molecule has 0 radical (unpaired) electrons. The zero-order chi connectivity index (χ0) is 21.1. The maximum absolute atomic E-state index is 12.9. The first kappa shape index (κ1) is 20.5. The lowest BCUT2D eigenvalue weighted by Crippen LogP contribution is -2.50. The number of benzene rings is 1. The van der Waals surface area contributed by atoms with Crippen molar-refractivity contribution in [2.45, 2.75) is 18.9 Å². The van der Waals surface area contributed by atoms with E-state index in [0.29, 0.717) is 36.8 Å². The van der Waals surface area contributed by atoms with Gasteiger partial charge in [0, 0.05) is 31.2 Å². The average Bonchev–Trinajstić information content (AvgIpc) is 2.75. The fourth-order valence-electron chi connectivity index (χ4n) is 4.32. The molecule has 158 valence electrons. The number of ether oxygens (including phenoxy) is 1. The number of piperidine rings is 1. The maximum atomic E-state index is 12.9. The molecule has 8 heteroatoms. The smallest absolute Gasteiger partial charge is 0.274 e. The number of nitrogens with zero attached hydrogens (tertiary/aromatic N) is 2. The number of hydrogen-bond acceptors (Lipinski definition) is 5. The van der Waals surface area contributed by atoms with E-state index in [2.05, 4.69) is 5.32 Å². The Kier molecular flexibility index (Phi) is 6.13. The molecule has 2 unspecified atom stereocenters. The summed E-state index contributed by atoms with van der Waals surface area (Å²) < 4.78 is 7.39. The Morgan fingerprint density at radius 2 is 1.93 bits per heavy atom. The van der Waals surface area contributed by atoms with E-state index in [9.17, 15) is 14.4 Å². The number of anilines is 1. The molecule has 2 aliphatic heterocycles. The number of aromatic nitrogens is 1. The lowest BCUT2D eigenvalue weighted by Gasteiger charge is -2.42. The normalized spacial score (nSPS) is 19.7. The molecule has 2 aromatic rings. The minimum absolute atomic E-state index is 0.0106. The zero-order valence-electron chi connectivity index (χ0n) is 16.9. The molecule has 0 saturated carbocycles. The van der Waals surface area contributed by atoms with Crippen LogP contribution in [0.5, 0.6) is 5.75 Å². The first-order valence-corrected chi connectivity index (χ1v) is 11.4. The zero-order valence-corrected chi connectivity index (χ0v) is 17.7. The van der Waals surface area contributed by atoms with Crippen molar-refractivity contribution in [3.63, 3.8) is 0 Å². The van der Waals surface area contributed by atoms with Gasteiger partial charge in [-0.15, -0.1) is 0 Å². The number of rotatable bonds is 6. The molecular weight excluding hydrogens is 402 g/mol. The van der Waals surface area contributed by atoms with Crippen molar-refractivity contribution in [3.8, 4) is 5.75 Å². The predicted molar refractivity (Wildman–Crippen MR) is 117 cm³/mol. The fraction of sp³-hybridized carbons (Fsp3) is 0.409. The Morgan fingerprint density at radius 1 is 1.13 bits per heavy atom. The van der Waals surface area contributed by atoms with Crippen molar-refractivity contribution in [2.75, 3.05) is 37.0 Å². The van der Waals surface area contributed by atoms with Crippen LogP contribution in [0.2, 0.25) is 0 Å². The van der Waals surface area contributed by atoms with Crippen LogP contribution in [0.15, 0.2) is 47.3 Å². The fourth-order valence-corrected chi connectivity index (χ4v) is 4.65. The van der Waals surface area contributed by atoms with E-state index in [-0.39, 0.29) is 35.8 Å². The van der Waals surface area contributed by atoms with Crippen LogP contribution in [0.4, 0.5) is 5.69 Å². The second kappa shape index (κ2) is 8.95. The number of thioether (sulfide) groups is 1. The van der Waals surface area contributed by atoms with Crippen LogP contribution in [-0.2, 0) is 16.1 Å². The highest BCUT2D eigenvalue weighted by molar-refractivity contribution is 7.99. The summed E-state index contributed by atoms with van der Waals surface area (Å²) in [5.41, 5.74) is 1.09. The standard InChI is InChI=1S/C22H25N3O4S/c1-30-14-20(26)23-18-7-8-19-16-9-15(11-25(19)22(18)28)10-24(12-16)21(27)13-29-17-5-3-2-4-6-17/h2-8,15-16H,9-14H2,1H3,(H,23,26). The van der Waals surface area contributed by atoms with Crippen LogP contribution in [-0.4, -0.2) is 53.0 Å². The number of fused-ring (bicyclic) bond motifs is 4. The number of pyridine rings is 1. The van der Waals surface area contributed by atoms with Crippen LogP contribution in [0.1, 0.15) is 18.0 Å². The van der Waals surface area contributed by atoms with Crippen LogP contribution < -0.4 is 15.6 Å². The van der Waals surface area contributed by atoms with E-state index >= 15 is 0 Å². The van der Waals surface area contributed by atoms with E-state index in [1.165, 1.54) is 11.8 Å². The number of para-hydroxylation sites is 1. The number of amides is 2. The summed E-state index contributed by atoms with van der Waals surface area (Å²) in [7, 11) is 0. The van der Waals surface area contributed by atoms with Gasteiger partial charge in [0.15, 0.2) is 6.61 Å². The van der Waals surface area contributed by atoms with Gasteiger partial charge in [-0.1, -0.05) is 18.2 Å². The number of hydrogen-bond donors (Lipinski definition) is 1. The summed E-state index contributed by atoms with van der Waals surface area (Å²) in [4.78, 5) is 39.3. The molecule has 2 amide bonds. The first-order valence-electron chi connectivity index (χ1n) is 10.0. The van der Waals surface area contributed by atoms with Gasteiger partial charge < -0.3 is 19.5 Å².